The van der Waals surface area contributed by atoms with Crippen LogP contribution in [-0.2, 0) is 0 Å². The topological polar surface area (TPSA) is 3.24 Å². The second kappa shape index (κ2) is 14.0. The van der Waals surface area contributed by atoms with Crippen LogP contribution < -0.4 is 4.90 Å². The molecule has 10 rings (SSSR count). The van der Waals surface area contributed by atoms with Crippen molar-refractivity contribution >= 4 is 49.4 Å². The molecule has 10 aromatic carbocycles. The van der Waals surface area contributed by atoms with Gasteiger partial charge >= 0.3 is 0 Å². The lowest BCUT2D eigenvalue weighted by Gasteiger charge is -2.30. The number of hydrogen-bond donors (Lipinski definition) is 0. The molecule has 55 heavy (non-hydrogen) atoms. The molecule has 0 radical (unpaired) electrons. The van der Waals surface area contributed by atoms with Gasteiger partial charge in [-0.15, -0.1) is 0 Å². The average Bonchev–Trinajstić information content (AvgIpc) is 3.27. The van der Waals surface area contributed by atoms with Gasteiger partial charge in [0, 0.05) is 16.6 Å². The first-order valence-corrected chi connectivity index (χ1v) is 18.9. The minimum absolute atomic E-state index is 1.09. The molecule has 1 nitrogen and oxygen atoms in total. The number of fused-ring (bicyclic) bond motifs is 3. The molecule has 258 valence electrons. The van der Waals surface area contributed by atoms with Crippen LogP contribution in [0.5, 0.6) is 0 Å². The molecule has 0 aliphatic rings. The Morgan fingerprint density at radius 2 is 0.673 bits per heavy atom. The summed E-state index contributed by atoms with van der Waals surface area (Å²) in [6, 6.07) is 81.6. The van der Waals surface area contributed by atoms with Crippen LogP contribution in [-0.4, -0.2) is 0 Å². The molecule has 0 atom stereocenters. The van der Waals surface area contributed by atoms with Crippen molar-refractivity contribution in [3.63, 3.8) is 0 Å². The maximum atomic E-state index is 2.47. The summed E-state index contributed by atoms with van der Waals surface area (Å²) in [5.74, 6) is 0. The quantitative estimate of drug-likeness (QED) is 0.160. The summed E-state index contributed by atoms with van der Waals surface area (Å²) >= 11 is 0. The molecule has 0 unspecified atom stereocenters. The second-order valence-electron chi connectivity index (χ2n) is 14.1. The van der Waals surface area contributed by atoms with Crippen molar-refractivity contribution in [3.8, 4) is 44.5 Å². The van der Waals surface area contributed by atoms with Gasteiger partial charge in [0.1, 0.15) is 0 Å². The zero-order valence-electron chi connectivity index (χ0n) is 30.3. The number of hydrogen-bond acceptors (Lipinski definition) is 1. The van der Waals surface area contributed by atoms with Gasteiger partial charge in [-0.05, 0) is 90.1 Å². The van der Waals surface area contributed by atoms with Gasteiger partial charge in [-0.1, -0.05) is 200 Å². The van der Waals surface area contributed by atoms with E-state index in [1.165, 1.54) is 76.8 Å². The number of anilines is 3. The Balaban J connectivity index is 1.19. The summed E-state index contributed by atoms with van der Waals surface area (Å²) in [7, 11) is 0. The molecule has 0 fully saturated rings. The second-order valence-corrected chi connectivity index (χ2v) is 14.1. The van der Waals surface area contributed by atoms with Crippen molar-refractivity contribution in [2.75, 3.05) is 4.90 Å². The molecule has 10 aromatic rings. The lowest BCUT2D eigenvalue weighted by atomic mass is 9.92. The highest BCUT2D eigenvalue weighted by Gasteiger charge is 2.22. The molecule has 0 heterocycles. The molecule has 0 aromatic heterocycles. The van der Waals surface area contributed by atoms with Crippen LogP contribution in [0.3, 0.4) is 0 Å². The highest BCUT2D eigenvalue weighted by atomic mass is 15.1. The molecule has 0 saturated heterocycles. The molecule has 0 spiro atoms. The number of nitrogens with zero attached hydrogens (tertiary/aromatic N) is 1. The van der Waals surface area contributed by atoms with Crippen LogP contribution >= 0.6 is 0 Å². The first kappa shape index (κ1) is 32.4. The van der Waals surface area contributed by atoms with Crippen LogP contribution in [0, 0.1) is 0 Å². The van der Waals surface area contributed by atoms with Gasteiger partial charge in [0.25, 0.3) is 0 Å². The highest BCUT2D eigenvalue weighted by molar-refractivity contribution is 6.06. The van der Waals surface area contributed by atoms with Crippen molar-refractivity contribution in [3.05, 3.63) is 224 Å². The lowest BCUT2D eigenvalue weighted by Crippen LogP contribution is -2.12. The van der Waals surface area contributed by atoms with E-state index in [9.17, 15) is 0 Å². The fourth-order valence-electron chi connectivity index (χ4n) is 8.15. The van der Waals surface area contributed by atoms with Crippen molar-refractivity contribution in [1.82, 2.24) is 0 Å². The fraction of sp³-hybridized carbons (Fsp3) is 0. The van der Waals surface area contributed by atoms with E-state index in [1.807, 2.05) is 0 Å². The van der Waals surface area contributed by atoms with Gasteiger partial charge in [0.05, 0.1) is 11.4 Å². The molecule has 0 aliphatic carbocycles. The first-order chi connectivity index (χ1) is 27.3. The molecule has 0 aliphatic heterocycles. The van der Waals surface area contributed by atoms with Crippen LogP contribution in [0.25, 0.3) is 76.8 Å². The predicted octanol–water partition coefficient (Wildman–Crippen LogP) is 15.3. The van der Waals surface area contributed by atoms with E-state index < -0.39 is 0 Å². The molecule has 0 N–H and O–H groups in total. The maximum absolute atomic E-state index is 2.47. The standard InChI is InChI=1S/C54H37N/c1-2-13-38(14-3-1)39-27-29-40(30-28-39)41-31-34-46(35-32-41)55(53-26-12-20-44-17-6-9-23-50(44)53)54-37-45(49-24-10-18-42-15-4-7-21-47(42)49)33-36-52(54)51-25-11-19-43-16-5-8-22-48(43)51/h1-37H. The van der Waals surface area contributed by atoms with Gasteiger partial charge in [-0.3, -0.25) is 0 Å². The lowest BCUT2D eigenvalue weighted by molar-refractivity contribution is 1.30. The smallest absolute Gasteiger partial charge is 0.0546 e. The van der Waals surface area contributed by atoms with Gasteiger partial charge in [-0.2, -0.15) is 0 Å². The monoisotopic (exact) mass is 699 g/mol. The van der Waals surface area contributed by atoms with Crippen LogP contribution in [0.2, 0.25) is 0 Å². The maximum Gasteiger partial charge on any atom is 0.0546 e. The van der Waals surface area contributed by atoms with Crippen molar-refractivity contribution < 1.29 is 0 Å². The summed E-state index contributed by atoms with van der Waals surface area (Å²) in [4.78, 5) is 2.47. The fourth-order valence-corrected chi connectivity index (χ4v) is 8.15. The van der Waals surface area contributed by atoms with Gasteiger partial charge in [-0.25, -0.2) is 0 Å². The normalized spacial score (nSPS) is 11.3. The van der Waals surface area contributed by atoms with Gasteiger partial charge in [0.15, 0.2) is 0 Å². The van der Waals surface area contributed by atoms with Crippen LogP contribution in [0.4, 0.5) is 17.1 Å². The van der Waals surface area contributed by atoms with Crippen LogP contribution in [0.15, 0.2) is 224 Å². The third kappa shape index (κ3) is 6.02. The molecule has 0 saturated carbocycles. The molecule has 0 amide bonds. The Hall–Kier alpha value is -7.22. The van der Waals surface area contributed by atoms with Crippen molar-refractivity contribution in [2.24, 2.45) is 0 Å². The van der Waals surface area contributed by atoms with E-state index in [1.54, 1.807) is 0 Å². The van der Waals surface area contributed by atoms with Crippen LogP contribution in [0.1, 0.15) is 0 Å². The van der Waals surface area contributed by atoms with E-state index >= 15 is 0 Å². The predicted molar refractivity (Wildman–Crippen MR) is 235 cm³/mol. The van der Waals surface area contributed by atoms with Gasteiger partial charge < -0.3 is 4.90 Å². The molecular weight excluding hydrogens is 663 g/mol. The van der Waals surface area contributed by atoms with E-state index in [4.69, 9.17) is 0 Å². The molecule has 0 bridgehead atoms. The van der Waals surface area contributed by atoms with Crippen molar-refractivity contribution in [1.29, 1.82) is 0 Å². The Morgan fingerprint density at radius 3 is 1.31 bits per heavy atom. The van der Waals surface area contributed by atoms with Crippen molar-refractivity contribution in [2.45, 2.75) is 0 Å². The highest BCUT2D eigenvalue weighted by Crippen LogP contribution is 2.47. The van der Waals surface area contributed by atoms with E-state index in [0.717, 1.165) is 17.1 Å². The minimum Gasteiger partial charge on any atom is -0.309 e. The Kier molecular flexibility index (Phi) is 8.24. The Labute approximate surface area is 322 Å². The summed E-state index contributed by atoms with van der Waals surface area (Å²) in [5.41, 5.74) is 12.9. The largest absolute Gasteiger partial charge is 0.309 e. The average molecular weight is 700 g/mol. The summed E-state index contributed by atoms with van der Waals surface area (Å²) < 4.78 is 0. The Morgan fingerprint density at radius 1 is 0.236 bits per heavy atom. The van der Waals surface area contributed by atoms with E-state index in [0.29, 0.717) is 0 Å². The number of rotatable bonds is 7. The third-order valence-corrected chi connectivity index (χ3v) is 10.9. The van der Waals surface area contributed by atoms with Gasteiger partial charge in [0.2, 0.25) is 0 Å². The number of benzene rings is 10. The summed E-state index contributed by atoms with van der Waals surface area (Å²) in [5, 5.41) is 7.34. The molecule has 1 heteroatoms. The summed E-state index contributed by atoms with van der Waals surface area (Å²) in [6.07, 6.45) is 0. The summed E-state index contributed by atoms with van der Waals surface area (Å²) in [6.45, 7) is 0. The SMILES string of the molecule is c1ccc(-c2ccc(-c3ccc(N(c4cc(-c5cccc6ccccc56)ccc4-c4cccc5ccccc45)c4cccc5ccccc45)cc3)cc2)cc1. The third-order valence-electron chi connectivity index (χ3n) is 10.9. The molecular formula is C54H37N. The Bertz CT molecular complexity index is 2940. The minimum atomic E-state index is 1.09. The zero-order chi connectivity index (χ0) is 36.6. The first-order valence-electron chi connectivity index (χ1n) is 18.9. The van der Waals surface area contributed by atoms with E-state index in [-0.39, 0.29) is 0 Å². The zero-order valence-corrected chi connectivity index (χ0v) is 30.3. The van der Waals surface area contributed by atoms with E-state index in [2.05, 4.69) is 229 Å².